The first kappa shape index (κ1) is 12.0. The Balaban J connectivity index is 2.47. The zero-order valence-electron chi connectivity index (χ0n) is 9.11. The lowest BCUT2D eigenvalue weighted by molar-refractivity contribution is -0.151. The van der Waals surface area contributed by atoms with Crippen molar-refractivity contribution in [2.45, 2.75) is 19.3 Å². The summed E-state index contributed by atoms with van der Waals surface area (Å²) >= 11 is 0. The molecular formula is C10H18N2O3. The highest BCUT2D eigenvalue weighted by molar-refractivity contribution is 6.34. The number of piperidine rings is 1. The number of hydrogen-bond donors (Lipinski definition) is 1. The molecule has 0 aromatic rings. The van der Waals surface area contributed by atoms with E-state index in [0.717, 1.165) is 19.3 Å². The van der Waals surface area contributed by atoms with Crippen molar-refractivity contribution in [3.8, 4) is 0 Å². The summed E-state index contributed by atoms with van der Waals surface area (Å²) in [6.07, 6.45) is 3.08. The van der Waals surface area contributed by atoms with Crippen LogP contribution in [-0.2, 0) is 9.59 Å². The molecule has 0 atom stereocenters. The number of likely N-dealkylation sites (tertiary alicyclic amines) is 1. The molecule has 86 valence electrons. The summed E-state index contributed by atoms with van der Waals surface area (Å²) in [4.78, 5) is 26.1. The number of amides is 2. The fourth-order valence-electron chi connectivity index (χ4n) is 1.65. The van der Waals surface area contributed by atoms with Gasteiger partial charge in [-0.3, -0.25) is 9.59 Å². The van der Waals surface area contributed by atoms with Crippen LogP contribution < -0.4 is 0 Å². The van der Waals surface area contributed by atoms with E-state index in [4.69, 9.17) is 5.11 Å². The van der Waals surface area contributed by atoms with Crippen molar-refractivity contribution in [2.75, 3.05) is 33.3 Å². The Morgan fingerprint density at radius 2 is 1.87 bits per heavy atom. The molecule has 0 radical (unpaired) electrons. The monoisotopic (exact) mass is 214 g/mol. The molecule has 0 aromatic carbocycles. The van der Waals surface area contributed by atoms with Crippen LogP contribution in [-0.4, -0.2) is 60.0 Å². The first-order valence-electron chi connectivity index (χ1n) is 5.32. The van der Waals surface area contributed by atoms with E-state index < -0.39 is 11.8 Å². The van der Waals surface area contributed by atoms with Gasteiger partial charge in [-0.25, -0.2) is 0 Å². The number of aliphatic hydroxyl groups is 1. The van der Waals surface area contributed by atoms with Crippen LogP contribution in [0.5, 0.6) is 0 Å². The highest BCUT2D eigenvalue weighted by Crippen LogP contribution is 2.09. The van der Waals surface area contributed by atoms with Crippen LogP contribution in [0.4, 0.5) is 0 Å². The number of nitrogens with zero attached hydrogens (tertiary/aromatic N) is 2. The van der Waals surface area contributed by atoms with E-state index in [-0.39, 0.29) is 13.2 Å². The fourth-order valence-corrected chi connectivity index (χ4v) is 1.65. The molecule has 1 saturated heterocycles. The zero-order valence-corrected chi connectivity index (χ0v) is 9.11. The Bertz CT molecular complexity index is 237. The van der Waals surface area contributed by atoms with Gasteiger partial charge >= 0.3 is 11.8 Å². The number of carbonyl (C=O) groups excluding carboxylic acids is 2. The summed E-state index contributed by atoms with van der Waals surface area (Å²) in [5, 5.41) is 8.66. The van der Waals surface area contributed by atoms with Crippen molar-refractivity contribution in [1.82, 2.24) is 9.80 Å². The third-order valence-electron chi connectivity index (χ3n) is 2.61. The summed E-state index contributed by atoms with van der Waals surface area (Å²) in [7, 11) is 1.53. The number of rotatable bonds is 2. The molecule has 0 unspecified atom stereocenters. The van der Waals surface area contributed by atoms with Crippen LogP contribution in [0.2, 0.25) is 0 Å². The lowest BCUT2D eigenvalue weighted by Gasteiger charge is -2.27. The minimum absolute atomic E-state index is 0.116. The third-order valence-corrected chi connectivity index (χ3v) is 2.61. The van der Waals surface area contributed by atoms with E-state index in [1.54, 1.807) is 4.90 Å². The summed E-state index contributed by atoms with van der Waals surface area (Å²) in [5.74, 6) is -0.961. The Labute approximate surface area is 89.7 Å². The zero-order chi connectivity index (χ0) is 11.3. The van der Waals surface area contributed by atoms with E-state index in [9.17, 15) is 9.59 Å². The Morgan fingerprint density at radius 3 is 2.40 bits per heavy atom. The molecule has 0 saturated carbocycles. The minimum Gasteiger partial charge on any atom is -0.395 e. The molecule has 2 amide bonds. The van der Waals surface area contributed by atoms with Crippen molar-refractivity contribution in [2.24, 2.45) is 0 Å². The molecule has 1 fully saturated rings. The fraction of sp³-hybridized carbons (Fsp3) is 0.800. The van der Waals surface area contributed by atoms with E-state index >= 15 is 0 Å². The van der Waals surface area contributed by atoms with Gasteiger partial charge in [0.05, 0.1) is 6.61 Å². The lowest BCUT2D eigenvalue weighted by atomic mass is 10.1. The average Bonchev–Trinajstić information content (AvgIpc) is 2.28. The number of carbonyl (C=O) groups is 2. The molecule has 15 heavy (non-hydrogen) atoms. The summed E-state index contributed by atoms with van der Waals surface area (Å²) in [6.45, 7) is 1.45. The molecular weight excluding hydrogens is 196 g/mol. The van der Waals surface area contributed by atoms with Crippen molar-refractivity contribution in [3.63, 3.8) is 0 Å². The molecule has 0 bridgehead atoms. The lowest BCUT2D eigenvalue weighted by Crippen LogP contribution is -2.46. The van der Waals surface area contributed by atoms with Gasteiger partial charge in [0.2, 0.25) is 0 Å². The number of likely N-dealkylation sites (N-methyl/N-ethyl adjacent to an activating group) is 1. The Morgan fingerprint density at radius 1 is 1.27 bits per heavy atom. The maximum absolute atomic E-state index is 11.7. The van der Waals surface area contributed by atoms with Crippen LogP contribution in [0.15, 0.2) is 0 Å². The van der Waals surface area contributed by atoms with Crippen LogP contribution in [0.25, 0.3) is 0 Å². The maximum atomic E-state index is 11.7. The highest BCUT2D eigenvalue weighted by atomic mass is 16.3. The average molecular weight is 214 g/mol. The van der Waals surface area contributed by atoms with Gasteiger partial charge in [-0.1, -0.05) is 0 Å². The summed E-state index contributed by atoms with van der Waals surface area (Å²) in [6, 6.07) is 0. The SMILES string of the molecule is CN(CCO)C(=O)C(=O)N1CCCCC1. The van der Waals surface area contributed by atoms with Gasteiger partial charge in [0.1, 0.15) is 0 Å². The molecule has 1 heterocycles. The number of aliphatic hydroxyl groups excluding tert-OH is 1. The predicted octanol–water partition coefficient (Wildman–Crippen LogP) is -0.550. The first-order chi connectivity index (χ1) is 7.16. The predicted molar refractivity (Wildman–Crippen MR) is 55.2 cm³/mol. The second-order valence-corrected chi connectivity index (χ2v) is 3.80. The van der Waals surface area contributed by atoms with Gasteiger partial charge in [0.25, 0.3) is 0 Å². The van der Waals surface area contributed by atoms with Gasteiger partial charge in [0.15, 0.2) is 0 Å². The Hall–Kier alpha value is -1.10. The van der Waals surface area contributed by atoms with Crippen molar-refractivity contribution >= 4 is 11.8 Å². The second kappa shape index (κ2) is 5.70. The quantitative estimate of drug-likeness (QED) is 0.627. The van der Waals surface area contributed by atoms with Gasteiger partial charge in [-0.2, -0.15) is 0 Å². The van der Waals surface area contributed by atoms with Crippen LogP contribution in [0, 0.1) is 0 Å². The third kappa shape index (κ3) is 3.20. The maximum Gasteiger partial charge on any atom is 0.312 e. The number of hydrogen-bond acceptors (Lipinski definition) is 3. The normalized spacial score (nSPS) is 16.3. The highest BCUT2D eigenvalue weighted by Gasteiger charge is 2.25. The van der Waals surface area contributed by atoms with Crippen molar-refractivity contribution < 1.29 is 14.7 Å². The van der Waals surface area contributed by atoms with E-state index in [1.807, 2.05) is 0 Å². The molecule has 0 spiro atoms. The van der Waals surface area contributed by atoms with Gasteiger partial charge in [0, 0.05) is 26.7 Å². The molecule has 1 aliphatic rings. The van der Waals surface area contributed by atoms with Crippen LogP contribution in [0.3, 0.4) is 0 Å². The molecule has 1 aliphatic heterocycles. The van der Waals surface area contributed by atoms with Crippen molar-refractivity contribution in [1.29, 1.82) is 0 Å². The summed E-state index contributed by atoms with van der Waals surface area (Å²) < 4.78 is 0. The molecule has 0 aliphatic carbocycles. The second-order valence-electron chi connectivity index (χ2n) is 3.80. The van der Waals surface area contributed by atoms with E-state index in [0.29, 0.717) is 13.1 Å². The Kier molecular flexibility index (Phi) is 4.55. The largest absolute Gasteiger partial charge is 0.395 e. The van der Waals surface area contributed by atoms with E-state index in [1.165, 1.54) is 11.9 Å². The standard InChI is InChI=1S/C10H18N2O3/c1-11(7-8-13)9(14)10(15)12-5-3-2-4-6-12/h13H,2-8H2,1H3. The van der Waals surface area contributed by atoms with Crippen LogP contribution in [0.1, 0.15) is 19.3 Å². The van der Waals surface area contributed by atoms with E-state index in [2.05, 4.69) is 0 Å². The molecule has 1 N–H and O–H groups in total. The minimum atomic E-state index is -0.522. The molecule has 1 rings (SSSR count). The van der Waals surface area contributed by atoms with Gasteiger partial charge in [-0.15, -0.1) is 0 Å². The summed E-state index contributed by atoms with van der Waals surface area (Å²) in [5.41, 5.74) is 0. The van der Waals surface area contributed by atoms with Crippen LogP contribution >= 0.6 is 0 Å². The topological polar surface area (TPSA) is 60.9 Å². The van der Waals surface area contributed by atoms with Gasteiger partial charge in [-0.05, 0) is 19.3 Å². The molecule has 5 nitrogen and oxygen atoms in total. The molecule has 5 heteroatoms. The van der Waals surface area contributed by atoms with Gasteiger partial charge < -0.3 is 14.9 Å². The first-order valence-corrected chi connectivity index (χ1v) is 5.32. The van der Waals surface area contributed by atoms with Crippen molar-refractivity contribution in [3.05, 3.63) is 0 Å². The molecule has 0 aromatic heterocycles. The smallest absolute Gasteiger partial charge is 0.312 e.